The van der Waals surface area contributed by atoms with Crippen molar-refractivity contribution in [1.82, 2.24) is 5.06 Å². The summed E-state index contributed by atoms with van der Waals surface area (Å²) >= 11 is 0. The maximum atomic E-state index is 9.85. The van der Waals surface area contributed by atoms with Gasteiger partial charge in [0.1, 0.15) is 18.6 Å². The fourth-order valence-corrected chi connectivity index (χ4v) is 2.16. The van der Waals surface area contributed by atoms with Crippen LogP contribution in [0.25, 0.3) is 0 Å². The SMILES string of the molecule is COCO[C@]1(C)CCN(O)[C@H]1c1ccco1. The van der Waals surface area contributed by atoms with Gasteiger partial charge in [0, 0.05) is 13.7 Å². The van der Waals surface area contributed by atoms with Gasteiger partial charge in [-0.05, 0) is 25.5 Å². The van der Waals surface area contributed by atoms with E-state index in [1.165, 1.54) is 5.06 Å². The summed E-state index contributed by atoms with van der Waals surface area (Å²) in [7, 11) is 1.58. The topological polar surface area (TPSA) is 55.1 Å². The van der Waals surface area contributed by atoms with E-state index in [1.54, 1.807) is 19.4 Å². The van der Waals surface area contributed by atoms with Crippen molar-refractivity contribution in [2.45, 2.75) is 25.0 Å². The average molecular weight is 227 g/mol. The van der Waals surface area contributed by atoms with Crippen LogP contribution in [-0.2, 0) is 9.47 Å². The lowest BCUT2D eigenvalue weighted by atomic mass is 9.95. The van der Waals surface area contributed by atoms with Crippen LogP contribution in [0.1, 0.15) is 25.1 Å². The third kappa shape index (κ3) is 1.99. The van der Waals surface area contributed by atoms with E-state index in [1.807, 2.05) is 13.0 Å². The summed E-state index contributed by atoms with van der Waals surface area (Å²) in [5, 5.41) is 11.1. The standard InChI is InChI=1S/C11H17NO4/c1-11(16-8-14-2)5-6-12(13)10(11)9-4-3-7-15-9/h3-4,7,10,13H,5-6,8H2,1-2H3/t10-,11+/m0/s1. The minimum Gasteiger partial charge on any atom is -0.467 e. The number of hydrogen-bond donors (Lipinski definition) is 1. The molecule has 0 radical (unpaired) electrons. The van der Waals surface area contributed by atoms with Crippen LogP contribution in [0.15, 0.2) is 22.8 Å². The zero-order valence-electron chi connectivity index (χ0n) is 9.55. The molecule has 1 fully saturated rings. The van der Waals surface area contributed by atoms with Gasteiger partial charge in [-0.1, -0.05) is 0 Å². The number of hydrogen-bond acceptors (Lipinski definition) is 5. The van der Waals surface area contributed by atoms with Gasteiger partial charge in [-0.3, -0.25) is 0 Å². The Kier molecular flexibility index (Phi) is 3.30. The van der Waals surface area contributed by atoms with Crippen LogP contribution in [-0.4, -0.2) is 36.3 Å². The summed E-state index contributed by atoms with van der Waals surface area (Å²) in [5.74, 6) is 0.707. The fourth-order valence-electron chi connectivity index (χ4n) is 2.16. The van der Waals surface area contributed by atoms with Crippen molar-refractivity contribution in [1.29, 1.82) is 0 Å². The lowest BCUT2D eigenvalue weighted by Crippen LogP contribution is -2.36. The molecule has 2 rings (SSSR count). The average Bonchev–Trinajstić information content (AvgIpc) is 2.85. The van der Waals surface area contributed by atoms with Crippen LogP contribution in [0, 0.1) is 0 Å². The fraction of sp³-hybridized carbons (Fsp3) is 0.636. The van der Waals surface area contributed by atoms with E-state index in [0.29, 0.717) is 12.3 Å². The molecular formula is C11H17NO4. The van der Waals surface area contributed by atoms with E-state index in [0.717, 1.165) is 6.42 Å². The molecule has 1 saturated heterocycles. The molecule has 0 amide bonds. The van der Waals surface area contributed by atoms with E-state index < -0.39 is 5.60 Å². The van der Waals surface area contributed by atoms with Gasteiger partial charge >= 0.3 is 0 Å². The van der Waals surface area contributed by atoms with Crippen molar-refractivity contribution < 1.29 is 19.1 Å². The Bertz CT molecular complexity index is 327. The molecule has 0 spiro atoms. The quantitative estimate of drug-likeness (QED) is 0.795. The first kappa shape index (κ1) is 11.6. The monoisotopic (exact) mass is 227 g/mol. The molecule has 1 aliphatic heterocycles. The number of furan rings is 1. The Labute approximate surface area is 94.5 Å². The number of hydroxylamine groups is 2. The summed E-state index contributed by atoms with van der Waals surface area (Å²) in [5.41, 5.74) is -0.484. The van der Waals surface area contributed by atoms with Gasteiger partial charge in [-0.25, -0.2) is 0 Å². The molecule has 1 N–H and O–H groups in total. The molecule has 0 unspecified atom stereocenters. The Morgan fingerprint density at radius 3 is 3.12 bits per heavy atom. The lowest BCUT2D eigenvalue weighted by Gasteiger charge is -2.31. The Hall–Kier alpha value is -0.880. The molecule has 2 heterocycles. The van der Waals surface area contributed by atoms with Crippen molar-refractivity contribution in [3.05, 3.63) is 24.2 Å². The first-order chi connectivity index (χ1) is 7.67. The van der Waals surface area contributed by atoms with Crippen LogP contribution in [0.4, 0.5) is 0 Å². The van der Waals surface area contributed by atoms with E-state index in [-0.39, 0.29) is 12.8 Å². The molecule has 1 aromatic heterocycles. The third-order valence-electron chi connectivity index (χ3n) is 3.03. The van der Waals surface area contributed by atoms with Crippen molar-refractivity contribution in [2.75, 3.05) is 20.4 Å². The molecule has 0 saturated carbocycles. The molecule has 2 atom stereocenters. The first-order valence-electron chi connectivity index (χ1n) is 5.29. The van der Waals surface area contributed by atoms with Gasteiger partial charge in [0.05, 0.1) is 11.9 Å². The van der Waals surface area contributed by atoms with E-state index in [9.17, 15) is 5.21 Å². The van der Waals surface area contributed by atoms with Gasteiger partial charge in [0.2, 0.25) is 0 Å². The minimum absolute atomic E-state index is 0.210. The lowest BCUT2D eigenvalue weighted by molar-refractivity contribution is -0.180. The second kappa shape index (κ2) is 4.55. The Morgan fingerprint density at radius 2 is 2.50 bits per heavy atom. The second-order valence-electron chi connectivity index (χ2n) is 4.19. The minimum atomic E-state index is -0.484. The molecule has 0 aromatic carbocycles. The number of methoxy groups -OCH3 is 1. The summed E-state index contributed by atoms with van der Waals surface area (Å²) in [6.45, 7) is 2.72. The molecule has 1 aliphatic rings. The van der Waals surface area contributed by atoms with Crippen LogP contribution < -0.4 is 0 Å². The van der Waals surface area contributed by atoms with E-state index >= 15 is 0 Å². The van der Waals surface area contributed by atoms with Gasteiger partial charge in [0.15, 0.2) is 0 Å². The molecule has 5 nitrogen and oxygen atoms in total. The normalized spacial score (nSPS) is 31.1. The van der Waals surface area contributed by atoms with Crippen LogP contribution >= 0.6 is 0 Å². The molecule has 0 aliphatic carbocycles. The van der Waals surface area contributed by atoms with Crippen molar-refractivity contribution in [2.24, 2.45) is 0 Å². The molecule has 16 heavy (non-hydrogen) atoms. The van der Waals surface area contributed by atoms with Gasteiger partial charge < -0.3 is 19.1 Å². The Balaban J connectivity index is 2.18. The molecule has 0 bridgehead atoms. The summed E-state index contributed by atoms with van der Waals surface area (Å²) < 4.78 is 15.9. The number of ether oxygens (including phenoxy) is 2. The first-order valence-corrected chi connectivity index (χ1v) is 5.29. The number of nitrogens with zero attached hydrogens (tertiary/aromatic N) is 1. The number of rotatable bonds is 4. The highest BCUT2D eigenvalue weighted by Gasteiger charge is 2.47. The van der Waals surface area contributed by atoms with Crippen molar-refractivity contribution >= 4 is 0 Å². The zero-order chi connectivity index (χ0) is 11.6. The smallest absolute Gasteiger partial charge is 0.147 e. The van der Waals surface area contributed by atoms with Crippen LogP contribution in [0.5, 0.6) is 0 Å². The molecule has 5 heteroatoms. The summed E-state index contributed by atoms with van der Waals surface area (Å²) in [4.78, 5) is 0. The third-order valence-corrected chi connectivity index (χ3v) is 3.03. The highest BCUT2D eigenvalue weighted by molar-refractivity contribution is 5.12. The van der Waals surface area contributed by atoms with Crippen LogP contribution in [0.3, 0.4) is 0 Å². The van der Waals surface area contributed by atoms with Crippen LogP contribution in [0.2, 0.25) is 0 Å². The van der Waals surface area contributed by atoms with Gasteiger partial charge in [-0.15, -0.1) is 0 Å². The van der Waals surface area contributed by atoms with Gasteiger partial charge in [-0.2, -0.15) is 5.06 Å². The predicted molar refractivity (Wildman–Crippen MR) is 55.9 cm³/mol. The largest absolute Gasteiger partial charge is 0.467 e. The molecule has 1 aromatic rings. The highest BCUT2D eigenvalue weighted by Crippen LogP contribution is 2.41. The maximum Gasteiger partial charge on any atom is 0.147 e. The molecule has 90 valence electrons. The van der Waals surface area contributed by atoms with E-state index in [2.05, 4.69) is 0 Å². The Morgan fingerprint density at radius 1 is 1.69 bits per heavy atom. The highest BCUT2D eigenvalue weighted by atomic mass is 16.7. The summed E-state index contributed by atoms with van der Waals surface area (Å²) in [6.07, 6.45) is 2.33. The van der Waals surface area contributed by atoms with Crippen molar-refractivity contribution in [3.8, 4) is 0 Å². The second-order valence-corrected chi connectivity index (χ2v) is 4.19. The van der Waals surface area contributed by atoms with Gasteiger partial charge in [0.25, 0.3) is 0 Å². The zero-order valence-corrected chi connectivity index (χ0v) is 9.55. The van der Waals surface area contributed by atoms with Crippen molar-refractivity contribution in [3.63, 3.8) is 0 Å². The molecular weight excluding hydrogens is 210 g/mol. The summed E-state index contributed by atoms with van der Waals surface area (Å²) in [6, 6.07) is 3.36. The maximum absolute atomic E-state index is 9.85. The van der Waals surface area contributed by atoms with E-state index in [4.69, 9.17) is 13.9 Å². The predicted octanol–water partition coefficient (Wildman–Crippen LogP) is 1.79.